The molecule has 0 aromatic rings. The van der Waals surface area contributed by atoms with Crippen molar-refractivity contribution in [2.45, 2.75) is 83.4 Å². The lowest BCUT2D eigenvalue weighted by Crippen LogP contribution is -2.58. The predicted molar refractivity (Wildman–Crippen MR) is 98.6 cm³/mol. The first-order valence-electron chi connectivity index (χ1n) is 10.8. The molecule has 4 rings (SSSR count). The predicted octanol–water partition coefficient (Wildman–Crippen LogP) is 3.84. The molecule has 27 heavy (non-hydrogen) atoms. The Kier molecular flexibility index (Phi) is 4.89. The van der Waals surface area contributed by atoms with Crippen molar-refractivity contribution in [1.82, 2.24) is 0 Å². The topological polar surface area (TPSA) is 63.6 Å². The average Bonchev–Trinajstić information content (AvgIpc) is 2.97. The molecule has 0 bridgehead atoms. The second-order valence-electron chi connectivity index (χ2n) is 9.89. The van der Waals surface area contributed by atoms with Crippen LogP contribution in [0.2, 0.25) is 0 Å². The number of aliphatic hydroxyl groups is 1. The molecule has 0 heterocycles. The zero-order valence-corrected chi connectivity index (χ0v) is 16.6. The number of Topliss-reactive ketones (excluding diaryl/α,β-unsaturated/α-hetero) is 1. The third-order valence-electron chi connectivity index (χ3n) is 8.83. The van der Waals surface area contributed by atoms with Gasteiger partial charge < -0.3 is 9.84 Å². The van der Waals surface area contributed by atoms with Gasteiger partial charge in [0.2, 0.25) is 0 Å². The number of hydrogen-bond acceptors (Lipinski definition) is 4. The van der Waals surface area contributed by atoms with Gasteiger partial charge in [-0.25, -0.2) is 4.39 Å². The molecule has 0 aliphatic heterocycles. The number of fused-ring (bicyclic) bond motifs is 5. The number of ether oxygens (including phenoxy) is 1. The largest absolute Gasteiger partial charge is 0.463 e. The minimum Gasteiger partial charge on any atom is -0.463 e. The van der Waals surface area contributed by atoms with Crippen LogP contribution in [-0.2, 0) is 14.3 Å². The normalized spacial score (nSPS) is 48.9. The van der Waals surface area contributed by atoms with Gasteiger partial charge in [0.25, 0.3) is 0 Å². The molecule has 8 atom stereocenters. The first-order valence-corrected chi connectivity index (χ1v) is 10.8. The summed E-state index contributed by atoms with van der Waals surface area (Å²) in [6.07, 6.45) is 7.22. The van der Waals surface area contributed by atoms with Gasteiger partial charge in [0.05, 0.1) is 0 Å². The van der Waals surface area contributed by atoms with E-state index in [-0.39, 0.29) is 53.6 Å². The standard InChI is InChI=1S/C22H33FO4/c1-13(25)27-15-4-6-16-14(11-15)3-5-18-17-7-8-19(20(26)12-24)21(17,2)9-10-22(16,18)23/h14-19,24H,3-12H2,1-2H3/t14-,15+,16-,17-,18-,19+,21-,22-/m0/s1. The van der Waals surface area contributed by atoms with Crippen LogP contribution in [0, 0.1) is 35.0 Å². The van der Waals surface area contributed by atoms with Crippen LogP contribution in [0.4, 0.5) is 4.39 Å². The number of esters is 1. The Labute approximate surface area is 161 Å². The lowest BCUT2D eigenvalue weighted by Gasteiger charge is -2.59. The highest BCUT2D eigenvalue weighted by molar-refractivity contribution is 5.83. The van der Waals surface area contributed by atoms with Crippen LogP contribution in [0.1, 0.15) is 71.6 Å². The summed E-state index contributed by atoms with van der Waals surface area (Å²) in [6.45, 7) is 3.23. The summed E-state index contributed by atoms with van der Waals surface area (Å²) in [6, 6.07) is 0. The first-order chi connectivity index (χ1) is 12.8. The van der Waals surface area contributed by atoms with Crippen molar-refractivity contribution in [1.29, 1.82) is 0 Å². The fourth-order valence-electron chi connectivity index (χ4n) is 7.71. The molecule has 0 spiro atoms. The maximum atomic E-state index is 16.5. The molecule has 1 N–H and O–H groups in total. The number of halogens is 1. The van der Waals surface area contributed by atoms with Gasteiger partial charge in [0.15, 0.2) is 5.78 Å². The molecule has 0 unspecified atom stereocenters. The number of ketones is 1. The van der Waals surface area contributed by atoms with E-state index in [0.29, 0.717) is 12.3 Å². The molecule has 0 amide bonds. The van der Waals surface area contributed by atoms with Gasteiger partial charge in [-0.15, -0.1) is 0 Å². The molecule has 4 fully saturated rings. The molecule has 0 aromatic heterocycles. The van der Waals surface area contributed by atoms with Crippen LogP contribution < -0.4 is 0 Å². The van der Waals surface area contributed by atoms with Crippen molar-refractivity contribution in [3.63, 3.8) is 0 Å². The summed E-state index contributed by atoms with van der Waals surface area (Å²) in [5, 5.41) is 9.37. The Balaban J connectivity index is 1.53. The van der Waals surface area contributed by atoms with E-state index >= 15 is 4.39 Å². The Hall–Kier alpha value is -0.970. The van der Waals surface area contributed by atoms with E-state index in [1.54, 1.807) is 0 Å². The maximum absolute atomic E-state index is 16.5. The quantitative estimate of drug-likeness (QED) is 0.756. The number of hydrogen-bond donors (Lipinski definition) is 1. The molecule has 5 heteroatoms. The fourth-order valence-corrected chi connectivity index (χ4v) is 7.71. The fraction of sp³-hybridized carbons (Fsp3) is 0.909. The molecule has 0 radical (unpaired) electrons. The molecular formula is C22H33FO4. The van der Waals surface area contributed by atoms with Gasteiger partial charge in [-0.1, -0.05) is 6.92 Å². The minimum absolute atomic E-state index is 0.0410. The van der Waals surface area contributed by atoms with Gasteiger partial charge in [0.1, 0.15) is 18.4 Å². The van der Waals surface area contributed by atoms with Crippen LogP contribution in [0.25, 0.3) is 0 Å². The highest BCUT2D eigenvalue weighted by atomic mass is 19.1. The molecule has 152 valence electrons. The van der Waals surface area contributed by atoms with Crippen LogP contribution in [0.5, 0.6) is 0 Å². The van der Waals surface area contributed by atoms with Gasteiger partial charge >= 0.3 is 5.97 Å². The Morgan fingerprint density at radius 3 is 2.44 bits per heavy atom. The number of carbonyl (C=O) groups is 2. The number of rotatable bonds is 3. The van der Waals surface area contributed by atoms with Crippen molar-refractivity contribution in [2.75, 3.05) is 6.61 Å². The van der Waals surface area contributed by atoms with Gasteiger partial charge in [-0.3, -0.25) is 9.59 Å². The third kappa shape index (κ3) is 2.95. The van der Waals surface area contributed by atoms with Crippen molar-refractivity contribution < 1.29 is 23.8 Å². The van der Waals surface area contributed by atoms with Crippen LogP contribution in [0.15, 0.2) is 0 Å². The van der Waals surface area contributed by atoms with Crippen molar-refractivity contribution in [3.05, 3.63) is 0 Å². The van der Waals surface area contributed by atoms with E-state index in [0.717, 1.165) is 51.4 Å². The SMILES string of the molecule is CC(=O)O[C@@H]1CC[C@H]2[C@@H](CC[C@H]3[C@@H]4CC[C@H](C(=O)CO)[C@@]4(C)CC[C@]23F)C1. The lowest BCUT2D eigenvalue weighted by atomic mass is 9.48. The van der Waals surface area contributed by atoms with Gasteiger partial charge in [0, 0.05) is 12.8 Å². The second kappa shape index (κ2) is 6.82. The summed E-state index contributed by atoms with van der Waals surface area (Å²) >= 11 is 0. The van der Waals surface area contributed by atoms with Crippen LogP contribution in [0.3, 0.4) is 0 Å². The summed E-state index contributed by atoms with van der Waals surface area (Å²) < 4.78 is 21.9. The van der Waals surface area contributed by atoms with E-state index in [1.807, 2.05) is 0 Å². The highest BCUT2D eigenvalue weighted by Crippen LogP contribution is 2.66. The highest BCUT2D eigenvalue weighted by Gasteiger charge is 2.64. The Morgan fingerprint density at radius 2 is 1.74 bits per heavy atom. The van der Waals surface area contributed by atoms with E-state index in [4.69, 9.17) is 4.74 Å². The smallest absolute Gasteiger partial charge is 0.302 e. The molecule has 4 nitrogen and oxygen atoms in total. The van der Waals surface area contributed by atoms with Crippen LogP contribution in [-0.4, -0.2) is 35.2 Å². The summed E-state index contributed by atoms with van der Waals surface area (Å²) in [4.78, 5) is 23.6. The number of alkyl halides is 1. The molecule has 4 aliphatic rings. The van der Waals surface area contributed by atoms with E-state index in [1.165, 1.54) is 6.92 Å². The molecule has 4 aliphatic carbocycles. The molecule has 0 aromatic carbocycles. The van der Waals surface area contributed by atoms with Gasteiger partial charge in [-0.05, 0) is 86.9 Å². The summed E-state index contributed by atoms with van der Waals surface area (Å²) in [7, 11) is 0. The lowest BCUT2D eigenvalue weighted by molar-refractivity contribution is -0.169. The van der Waals surface area contributed by atoms with E-state index in [2.05, 4.69) is 6.92 Å². The third-order valence-corrected chi connectivity index (χ3v) is 8.83. The average molecular weight is 381 g/mol. The minimum atomic E-state index is -1.13. The number of aliphatic hydroxyl groups excluding tert-OH is 1. The summed E-state index contributed by atoms with van der Waals surface area (Å²) in [5.74, 6) is 0.283. The molecule has 0 saturated heterocycles. The van der Waals surface area contributed by atoms with Crippen LogP contribution >= 0.6 is 0 Å². The van der Waals surface area contributed by atoms with Crippen molar-refractivity contribution in [2.24, 2.45) is 35.0 Å². The molecule has 4 saturated carbocycles. The Morgan fingerprint density at radius 1 is 1.04 bits per heavy atom. The first kappa shape index (κ1) is 19.4. The molecular weight excluding hydrogens is 347 g/mol. The second-order valence-corrected chi connectivity index (χ2v) is 9.89. The van der Waals surface area contributed by atoms with Crippen molar-refractivity contribution in [3.8, 4) is 0 Å². The summed E-state index contributed by atoms with van der Waals surface area (Å²) in [5.41, 5.74) is -1.28. The number of carbonyl (C=O) groups excluding carboxylic acids is 2. The zero-order valence-electron chi connectivity index (χ0n) is 16.6. The van der Waals surface area contributed by atoms with Gasteiger partial charge in [-0.2, -0.15) is 0 Å². The van der Waals surface area contributed by atoms with E-state index in [9.17, 15) is 14.7 Å². The maximum Gasteiger partial charge on any atom is 0.302 e. The van der Waals surface area contributed by atoms with Crippen molar-refractivity contribution >= 4 is 11.8 Å². The zero-order chi connectivity index (χ0) is 19.4. The monoisotopic (exact) mass is 380 g/mol. The van der Waals surface area contributed by atoms with E-state index < -0.39 is 5.67 Å². The Bertz CT molecular complexity index is 621.